The van der Waals surface area contributed by atoms with Gasteiger partial charge in [0.2, 0.25) is 0 Å². The maximum Gasteiger partial charge on any atom is 0.166 e. The van der Waals surface area contributed by atoms with Crippen molar-refractivity contribution in [3.05, 3.63) is 23.1 Å². The maximum absolute atomic E-state index is 13.3. The molecule has 15 heavy (non-hydrogen) atoms. The van der Waals surface area contributed by atoms with Crippen LogP contribution in [0.5, 0.6) is 0 Å². The fourth-order valence-electron chi connectivity index (χ4n) is 2.00. The fourth-order valence-corrected chi connectivity index (χ4v) is 2.14. The lowest BCUT2D eigenvalue weighted by Crippen LogP contribution is -2.12. The van der Waals surface area contributed by atoms with Gasteiger partial charge in [-0.15, -0.1) is 0 Å². The van der Waals surface area contributed by atoms with Gasteiger partial charge in [-0.2, -0.15) is 0 Å². The van der Waals surface area contributed by atoms with E-state index in [1.807, 2.05) is 0 Å². The molecular weight excluding hydrogens is 215 g/mol. The van der Waals surface area contributed by atoms with E-state index < -0.39 is 0 Å². The third-order valence-corrected chi connectivity index (χ3v) is 3.05. The van der Waals surface area contributed by atoms with Crippen LogP contribution in [-0.2, 0) is 0 Å². The van der Waals surface area contributed by atoms with Crippen LogP contribution in [0.15, 0.2) is 12.3 Å². The van der Waals surface area contributed by atoms with Crippen LogP contribution in [0.2, 0.25) is 5.02 Å². The first-order valence-corrected chi connectivity index (χ1v) is 5.68. The predicted molar refractivity (Wildman–Crippen MR) is 59.7 cm³/mol. The molecular formula is C11H14ClFN2. The predicted octanol–water partition coefficient (Wildman–Crippen LogP) is 3.48. The molecule has 0 aromatic carbocycles. The van der Waals surface area contributed by atoms with Gasteiger partial charge in [0.15, 0.2) is 11.6 Å². The molecule has 0 spiro atoms. The first-order valence-electron chi connectivity index (χ1n) is 5.30. The zero-order valence-corrected chi connectivity index (χ0v) is 9.23. The molecule has 0 aliphatic heterocycles. The van der Waals surface area contributed by atoms with Crippen LogP contribution in [-0.4, -0.2) is 11.5 Å². The van der Waals surface area contributed by atoms with Crippen LogP contribution in [0, 0.1) is 11.7 Å². The summed E-state index contributed by atoms with van der Waals surface area (Å²) in [5.74, 6) is 0.605. The van der Waals surface area contributed by atoms with E-state index in [4.69, 9.17) is 11.6 Å². The number of nitrogens with zero attached hydrogens (tertiary/aromatic N) is 1. The molecule has 82 valence electrons. The van der Waals surface area contributed by atoms with Crippen LogP contribution in [0.25, 0.3) is 0 Å². The second kappa shape index (κ2) is 4.79. The van der Waals surface area contributed by atoms with Crippen LogP contribution < -0.4 is 5.32 Å². The van der Waals surface area contributed by atoms with Crippen LogP contribution in [0.4, 0.5) is 10.2 Å². The molecule has 1 aliphatic rings. The molecule has 0 unspecified atom stereocenters. The number of aromatic nitrogens is 1. The Balaban J connectivity index is 1.92. The number of anilines is 1. The Labute approximate surface area is 93.9 Å². The first kappa shape index (κ1) is 10.7. The Hall–Kier alpha value is -0.830. The molecule has 1 aromatic rings. The molecule has 1 aliphatic carbocycles. The molecule has 0 saturated heterocycles. The molecule has 1 N–H and O–H groups in total. The van der Waals surface area contributed by atoms with Crippen LogP contribution >= 0.6 is 11.6 Å². The van der Waals surface area contributed by atoms with E-state index in [1.165, 1.54) is 37.9 Å². The fraction of sp³-hybridized carbons (Fsp3) is 0.545. The van der Waals surface area contributed by atoms with Gasteiger partial charge in [-0.25, -0.2) is 9.37 Å². The Morgan fingerprint density at radius 3 is 2.87 bits per heavy atom. The Morgan fingerprint density at radius 2 is 2.20 bits per heavy atom. The highest BCUT2D eigenvalue weighted by Gasteiger charge is 2.15. The molecule has 0 amide bonds. The van der Waals surface area contributed by atoms with Crippen LogP contribution in [0.1, 0.15) is 25.7 Å². The summed E-state index contributed by atoms with van der Waals surface area (Å²) in [7, 11) is 0. The van der Waals surface area contributed by atoms with Gasteiger partial charge in [0.25, 0.3) is 0 Å². The number of hydrogen-bond donors (Lipinski definition) is 1. The number of hydrogen-bond acceptors (Lipinski definition) is 2. The zero-order chi connectivity index (χ0) is 10.7. The van der Waals surface area contributed by atoms with Crippen molar-refractivity contribution in [1.82, 2.24) is 4.98 Å². The summed E-state index contributed by atoms with van der Waals surface area (Å²) in [5, 5.41) is 3.37. The van der Waals surface area contributed by atoms with Crippen molar-refractivity contribution in [3.8, 4) is 0 Å². The Morgan fingerprint density at radius 1 is 1.47 bits per heavy atom. The van der Waals surface area contributed by atoms with Crippen molar-refractivity contribution < 1.29 is 4.39 Å². The molecule has 0 atom stereocenters. The first-order chi connectivity index (χ1) is 7.25. The van der Waals surface area contributed by atoms with Crippen molar-refractivity contribution in [1.29, 1.82) is 0 Å². The lowest BCUT2D eigenvalue weighted by Gasteiger charge is -2.11. The van der Waals surface area contributed by atoms with Gasteiger partial charge in [0, 0.05) is 12.7 Å². The topological polar surface area (TPSA) is 24.9 Å². The number of nitrogens with one attached hydrogen (secondary N) is 1. The van der Waals surface area contributed by atoms with E-state index >= 15 is 0 Å². The van der Waals surface area contributed by atoms with Crippen molar-refractivity contribution in [2.45, 2.75) is 25.7 Å². The van der Waals surface area contributed by atoms with Crippen molar-refractivity contribution in [2.75, 3.05) is 11.9 Å². The van der Waals surface area contributed by atoms with Gasteiger partial charge in [0.1, 0.15) is 0 Å². The molecule has 0 bridgehead atoms. The molecule has 2 rings (SSSR count). The summed E-state index contributed by atoms with van der Waals surface area (Å²) in [6.07, 6.45) is 6.53. The largest absolute Gasteiger partial charge is 0.367 e. The number of halogens is 2. The minimum atomic E-state index is -0.375. The summed E-state index contributed by atoms with van der Waals surface area (Å²) in [5.41, 5.74) is 0. The average molecular weight is 229 g/mol. The highest BCUT2D eigenvalue weighted by molar-refractivity contribution is 6.30. The van der Waals surface area contributed by atoms with Crippen molar-refractivity contribution in [3.63, 3.8) is 0 Å². The Kier molecular flexibility index (Phi) is 3.41. The molecule has 2 nitrogen and oxygen atoms in total. The van der Waals surface area contributed by atoms with E-state index in [9.17, 15) is 4.39 Å². The Bertz CT molecular complexity index is 337. The summed E-state index contributed by atoms with van der Waals surface area (Å²) in [4.78, 5) is 3.92. The molecule has 1 saturated carbocycles. The standard InChI is InChI=1S/C11H14ClFN2/c12-9-5-10(13)11(15-7-9)14-6-8-3-1-2-4-8/h5,7-8H,1-4,6H2,(H,14,15). The minimum absolute atomic E-state index is 0.311. The van der Waals surface area contributed by atoms with Gasteiger partial charge in [0.05, 0.1) is 5.02 Å². The molecule has 1 aromatic heterocycles. The van der Waals surface area contributed by atoms with E-state index in [-0.39, 0.29) is 5.82 Å². The van der Waals surface area contributed by atoms with E-state index in [0.29, 0.717) is 16.8 Å². The van der Waals surface area contributed by atoms with Gasteiger partial charge < -0.3 is 5.32 Å². The summed E-state index contributed by atoms with van der Waals surface area (Å²) in [6.45, 7) is 0.811. The quantitative estimate of drug-likeness (QED) is 0.857. The van der Waals surface area contributed by atoms with Gasteiger partial charge >= 0.3 is 0 Å². The molecule has 1 heterocycles. The normalized spacial score (nSPS) is 16.9. The number of pyridine rings is 1. The lowest BCUT2D eigenvalue weighted by atomic mass is 10.1. The van der Waals surface area contributed by atoms with Gasteiger partial charge in [-0.05, 0) is 24.8 Å². The summed E-state index contributed by atoms with van der Waals surface area (Å²) < 4.78 is 13.3. The SMILES string of the molecule is Fc1cc(Cl)cnc1NCC1CCCC1. The highest BCUT2D eigenvalue weighted by atomic mass is 35.5. The monoisotopic (exact) mass is 228 g/mol. The maximum atomic E-state index is 13.3. The zero-order valence-electron chi connectivity index (χ0n) is 8.47. The third kappa shape index (κ3) is 2.81. The highest BCUT2D eigenvalue weighted by Crippen LogP contribution is 2.25. The second-order valence-corrected chi connectivity index (χ2v) is 4.45. The van der Waals surface area contributed by atoms with Crippen molar-refractivity contribution in [2.24, 2.45) is 5.92 Å². The molecule has 0 radical (unpaired) electrons. The molecule has 1 fully saturated rings. The second-order valence-electron chi connectivity index (χ2n) is 4.02. The third-order valence-electron chi connectivity index (χ3n) is 2.84. The van der Waals surface area contributed by atoms with Gasteiger partial charge in [-0.1, -0.05) is 24.4 Å². The summed E-state index contributed by atoms with van der Waals surface area (Å²) in [6, 6.07) is 1.28. The lowest BCUT2D eigenvalue weighted by molar-refractivity contribution is 0.571. The molecule has 4 heteroatoms. The summed E-state index contributed by atoms with van der Waals surface area (Å²) >= 11 is 5.61. The number of rotatable bonds is 3. The van der Waals surface area contributed by atoms with Crippen LogP contribution in [0.3, 0.4) is 0 Å². The minimum Gasteiger partial charge on any atom is -0.367 e. The van der Waals surface area contributed by atoms with E-state index in [1.54, 1.807) is 0 Å². The van der Waals surface area contributed by atoms with Gasteiger partial charge in [-0.3, -0.25) is 0 Å². The smallest absolute Gasteiger partial charge is 0.166 e. The average Bonchev–Trinajstić information content (AvgIpc) is 2.69. The van der Waals surface area contributed by atoms with Crippen molar-refractivity contribution >= 4 is 17.4 Å². The van der Waals surface area contributed by atoms with E-state index in [2.05, 4.69) is 10.3 Å². The van der Waals surface area contributed by atoms with E-state index in [0.717, 1.165) is 6.54 Å².